The van der Waals surface area contributed by atoms with Gasteiger partial charge in [-0.15, -0.1) is 0 Å². The molecule has 0 spiro atoms. The van der Waals surface area contributed by atoms with E-state index in [4.69, 9.17) is 4.74 Å². The van der Waals surface area contributed by atoms with Gasteiger partial charge >= 0.3 is 17.9 Å². The Balaban J connectivity index is 2.71. The molecular weight excluding hydrogens is 355 g/mol. The molecule has 0 saturated heterocycles. The molecule has 0 amide bonds. The Kier molecular flexibility index (Phi) is 6.03. The molecular formula is C13H17F5N2O3Si. The summed E-state index contributed by atoms with van der Waals surface area (Å²) in [6.45, 7) is 6.71. The summed E-state index contributed by atoms with van der Waals surface area (Å²) >= 11 is 0. The van der Waals surface area contributed by atoms with E-state index < -0.39 is 37.4 Å². The number of imidazole rings is 1. The Labute approximate surface area is 135 Å². The lowest BCUT2D eigenvalue weighted by Gasteiger charge is -2.15. The first-order chi connectivity index (χ1) is 10.7. The van der Waals surface area contributed by atoms with Crippen LogP contribution in [0.3, 0.4) is 0 Å². The van der Waals surface area contributed by atoms with E-state index in [-0.39, 0.29) is 6.73 Å². The lowest BCUT2D eigenvalue weighted by Crippen LogP contribution is -2.46. The molecule has 0 unspecified atom stereocenters. The highest BCUT2D eigenvalue weighted by Crippen LogP contribution is 2.30. The SMILES string of the molecule is C[Si](C)(C)CCOCn1cnc(C(=O)C(F)(F)C(=O)C(F)(F)F)c1. The Bertz CT molecular complexity index is 607. The molecule has 0 aliphatic heterocycles. The minimum Gasteiger partial charge on any atom is -0.361 e. The third-order valence-electron chi connectivity index (χ3n) is 2.93. The van der Waals surface area contributed by atoms with E-state index in [1.54, 1.807) is 0 Å². The van der Waals surface area contributed by atoms with E-state index >= 15 is 0 Å². The fraction of sp³-hybridized carbons (Fsp3) is 0.615. The number of alkyl halides is 5. The lowest BCUT2D eigenvalue weighted by atomic mass is 10.1. The minimum atomic E-state index is -5.82. The van der Waals surface area contributed by atoms with Gasteiger partial charge < -0.3 is 9.30 Å². The highest BCUT2D eigenvalue weighted by atomic mass is 28.3. The second kappa shape index (κ2) is 7.09. The number of halogens is 5. The molecule has 1 rings (SSSR count). The molecule has 0 atom stereocenters. The fourth-order valence-corrected chi connectivity index (χ4v) is 2.29. The van der Waals surface area contributed by atoms with Crippen molar-refractivity contribution in [2.75, 3.05) is 6.61 Å². The number of carbonyl (C=O) groups excluding carboxylic acids is 2. The van der Waals surface area contributed by atoms with Gasteiger partial charge in [0.15, 0.2) is 0 Å². The third kappa shape index (κ3) is 5.48. The van der Waals surface area contributed by atoms with Crippen molar-refractivity contribution in [3.05, 3.63) is 18.2 Å². The van der Waals surface area contributed by atoms with Crippen molar-refractivity contribution in [3.63, 3.8) is 0 Å². The molecule has 0 fully saturated rings. The molecule has 136 valence electrons. The van der Waals surface area contributed by atoms with E-state index in [1.807, 2.05) is 0 Å². The first-order valence-corrected chi connectivity index (χ1v) is 10.6. The van der Waals surface area contributed by atoms with E-state index in [1.165, 1.54) is 0 Å². The number of Topliss-reactive ketones (excluding diaryl/α,β-unsaturated/α-hetero) is 2. The van der Waals surface area contributed by atoms with E-state index in [9.17, 15) is 31.5 Å². The van der Waals surface area contributed by atoms with Crippen molar-refractivity contribution in [1.82, 2.24) is 9.55 Å². The van der Waals surface area contributed by atoms with Gasteiger partial charge in [-0.1, -0.05) is 19.6 Å². The zero-order chi connectivity index (χ0) is 18.8. The Morgan fingerprint density at radius 2 is 1.79 bits per heavy atom. The number of ether oxygens (including phenoxy) is 1. The van der Waals surface area contributed by atoms with Crippen molar-refractivity contribution in [3.8, 4) is 0 Å². The molecule has 0 aliphatic carbocycles. The maximum absolute atomic E-state index is 13.3. The van der Waals surface area contributed by atoms with Gasteiger partial charge in [0.1, 0.15) is 12.4 Å². The summed E-state index contributed by atoms with van der Waals surface area (Å²) < 4.78 is 69.4. The highest BCUT2D eigenvalue weighted by molar-refractivity contribution is 6.76. The zero-order valence-electron chi connectivity index (χ0n) is 13.3. The van der Waals surface area contributed by atoms with Crippen LogP contribution in [0.4, 0.5) is 22.0 Å². The van der Waals surface area contributed by atoms with Gasteiger partial charge in [0.05, 0.1) is 6.33 Å². The van der Waals surface area contributed by atoms with Crippen LogP contribution in [0.2, 0.25) is 25.7 Å². The standard InChI is InChI=1S/C13H17F5N2O3Si/c1-24(2,3)5-4-23-8-20-6-9(19-7-20)10(21)12(14,15)11(22)13(16,17)18/h6-7H,4-5,8H2,1-3H3. The number of carbonyl (C=O) groups is 2. The van der Waals surface area contributed by atoms with Crippen LogP contribution in [0, 0.1) is 0 Å². The van der Waals surface area contributed by atoms with Gasteiger partial charge in [0, 0.05) is 20.9 Å². The zero-order valence-corrected chi connectivity index (χ0v) is 14.3. The number of hydrogen-bond donors (Lipinski definition) is 0. The predicted octanol–water partition coefficient (Wildman–Crippen LogP) is 3.14. The number of aromatic nitrogens is 2. The highest BCUT2D eigenvalue weighted by Gasteiger charge is 2.60. The first kappa shape index (κ1) is 20.4. The topological polar surface area (TPSA) is 61.2 Å². The lowest BCUT2D eigenvalue weighted by molar-refractivity contribution is -0.189. The van der Waals surface area contributed by atoms with Gasteiger partial charge in [-0.05, 0) is 6.04 Å². The molecule has 0 bridgehead atoms. The number of hydrogen-bond acceptors (Lipinski definition) is 4. The monoisotopic (exact) mass is 372 g/mol. The second-order valence-corrected chi connectivity index (χ2v) is 12.0. The van der Waals surface area contributed by atoms with Crippen LogP contribution < -0.4 is 0 Å². The van der Waals surface area contributed by atoms with Crippen LogP contribution in [0.15, 0.2) is 12.5 Å². The maximum atomic E-state index is 13.3. The van der Waals surface area contributed by atoms with Crippen molar-refractivity contribution < 1.29 is 36.3 Å². The molecule has 0 radical (unpaired) electrons. The molecule has 1 heterocycles. The Morgan fingerprint density at radius 1 is 1.21 bits per heavy atom. The smallest absolute Gasteiger partial charge is 0.361 e. The summed E-state index contributed by atoms with van der Waals surface area (Å²) in [4.78, 5) is 25.4. The average Bonchev–Trinajstić information content (AvgIpc) is 2.88. The summed E-state index contributed by atoms with van der Waals surface area (Å²) in [5.74, 6) is -10.9. The predicted molar refractivity (Wildman–Crippen MR) is 76.7 cm³/mol. The van der Waals surface area contributed by atoms with E-state index in [0.717, 1.165) is 23.1 Å². The Morgan fingerprint density at radius 3 is 2.29 bits per heavy atom. The van der Waals surface area contributed by atoms with Crippen LogP contribution >= 0.6 is 0 Å². The summed E-state index contributed by atoms with van der Waals surface area (Å²) in [6.07, 6.45) is -4.04. The molecule has 24 heavy (non-hydrogen) atoms. The molecule has 1 aromatic rings. The second-order valence-electron chi connectivity index (χ2n) is 6.35. The molecule has 1 aromatic heterocycles. The van der Waals surface area contributed by atoms with Crippen LogP contribution in [-0.4, -0.2) is 47.9 Å². The molecule has 5 nitrogen and oxygen atoms in total. The summed E-state index contributed by atoms with van der Waals surface area (Å²) in [7, 11) is -1.31. The number of rotatable bonds is 8. The normalized spacial score (nSPS) is 13.2. The number of nitrogens with zero attached hydrogens (tertiary/aromatic N) is 2. The average molecular weight is 372 g/mol. The van der Waals surface area contributed by atoms with Gasteiger partial charge in [0.25, 0.3) is 5.78 Å². The largest absolute Gasteiger partial charge is 0.456 e. The molecule has 0 saturated carbocycles. The van der Waals surface area contributed by atoms with Crippen molar-refractivity contribution in [2.24, 2.45) is 0 Å². The van der Waals surface area contributed by atoms with Crippen molar-refractivity contribution in [2.45, 2.75) is 44.5 Å². The molecule has 0 N–H and O–H groups in total. The summed E-state index contributed by atoms with van der Waals surface area (Å²) in [5.41, 5.74) is -0.939. The van der Waals surface area contributed by atoms with Gasteiger partial charge in [-0.2, -0.15) is 22.0 Å². The first-order valence-electron chi connectivity index (χ1n) is 6.89. The van der Waals surface area contributed by atoms with E-state index in [2.05, 4.69) is 24.6 Å². The quantitative estimate of drug-likeness (QED) is 0.231. The van der Waals surface area contributed by atoms with Crippen molar-refractivity contribution >= 4 is 19.6 Å². The van der Waals surface area contributed by atoms with Crippen molar-refractivity contribution in [1.29, 1.82) is 0 Å². The fourth-order valence-electron chi connectivity index (χ4n) is 1.54. The maximum Gasteiger partial charge on any atom is 0.456 e. The summed E-state index contributed by atoms with van der Waals surface area (Å²) in [5, 5.41) is 0. The van der Waals surface area contributed by atoms with Crippen LogP contribution in [0.5, 0.6) is 0 Å². The van der Waals surface area contributed by atoms with Crippen LogP contribution in [0.1, 0.15) is 10.5 Å². The Hall–Kier alpha value is -1.62. The van der Waals surface area contributed by atoms with E-state index in [0.29, 0.717) is 6.61 Å². The molecule has 11 heteroatoms. The number of ketones is 2. The third-order valence-corrected chi connectivity index (χ3v) is 4.63. The molecule has 0 aliphatic rings. The van der Waals surface area contributed by atoms with Gasteiger partial charge in [-0.25, -0.2) is 4.98 Å². The van der Waals surface area contributed by atoms with Gasteiger partial charge in [-0.3, -0.25) is 9.59 Å². The minimum absolute atomic E-state index is 0.0937. The summed E-state index contributed by atoms with van der Waals surface area (Å²) in [6, 6.07) is 0.853. The van der Waals surface area contributed by atoms with Gasteiger partial charge in [0.2, 0.25) is 0 Å². The van der Waals surface area contributed by atoms with Crippen LogP contribution in [-0.2, 0) is 16.3 Å². The van der Waals surface area contributed by atoms with Crippen LogP contribution in [0.25, 0.3) is 0 Å². The molecule has 0 aromatic carbocycles.